The summed E-state index contributed by atoms with van der Waals surface area (Å²) in [4.78, 5) is 17.3. The molecule has 0 radical (unpaired) electrons. The number of fused-ring (bicyclic) bond motifs is 4. The molecular weight excluding hydrogens is 661 g/mol. The molecular formula is C49H32N4O. The summed E-state index contributed by atoms with van der Waals surface area (Å²) in [6.45, 7) is 0. The normalized spacial score (nSPS) is 11.3. The fraction of sp³-hybridized carbons (Fsp3) is 0. The van der Waals surface area contributed by atoms with E-state index in [1.807, 2.05) is 54.6 Å². The second kappa shape index (κ2) is 13.3. The fourth-order valence-electron chi connectivity index (χ4n) is 7.28. The van der Waals surface area contributed by atoms with Crippen molar-refractivity contribution in [3.05, 3.63) is 194 Å². The second-order valence-electron chi connectivity index (χ2n) is 13.3. The average molecular weight is 693 g/mol. The zero-order valence-corrected chi connectivity index (χ0v) is 29.2. The van der Waals surface area contributed by atoms with Crippen LogP contribution in [0.3, 0.4) is 0 Å². The minimum absolute atomic E-state index is 0.616. The van der Waals surface area contributed by atoms with Crippen LogP contribution < -0.4 is 4.90 Å². The molecule has 5 nitrogen and oxygen atoms in total. The molecule has 0 unspecified atom stereocenters. The Bertz CT molecular complexity index is 2880. The Hall–Kier alpha value is -7.37. The SMILES string of the molecule is c1ccc(-c2nc(-c3ccc(-c4cc(N(c5ccccc5)c5ccccc5)cc5oc6ccccc6c45)cc3)nc(-c3ccc4ccccc4c3)n2)cc1. The van der Waals surface area contributed by atoms with Gasteiger partial charge in [-0.15, -0.1) is 0 Å². The first-order valence-electron chi connectivity index (χ1n) is 18.0. The number of furan rings is 1. The molecule has 0 aliphatic heterocycles. The van der Waals surface area contributed by atoms with Gasteiger partial charge in [-0.25, -0.2) is 15.0 Å². The fourth-order valence-corrected chi connectivity index (χ4v) is 7.28. The van der Waals surface area contributed by atoms with Gasteiger partial charge in [0.15, 0.2) is 17.5 Å². The van der Waals surface area contributed by atoms with Crippen LogP contribution in [0.15, 0.2) is 199 Å². The van der Waals surface area contributed by atoms with E-state index in [0.29, 0.717) is 17.5 Å². The van der Waals surface area contributed by atoms with E-state index < -0.39 is 0 Å². The van der Waals surface area contributed by atoms with Gasteiger partial charge in [-0.1, -0.05) is 146 Å². The van der Waals surface area contributed by atoms with E-state index in [2.05, 4.69) is 144 Å². The van der Waals surface area contributed by atoms with Crippen molar-refractivity contribution in [3.63, 3.8) is 0 Å². The highest BCUT2D eigenvalue weighted by molar-refractivity contribution is 6.14. The first-order valence-corrected chi connectivity index (χ1v) is 18.0. The van der Waals surface area contributed by atoms with E-state index in [-0.39, 0.29) is 0 Å². The molecule has 0 amide bonds. The topological polar surface area (TPSA) is 55.1 Å². The van der Waals surface area contributed by atoms with Crippen LogP contribution >= 0.6 is 0 Å². The number of anilines is 3. The Morgan fingerprint density at radius 2 is 0.870 bits per heavy atom. The molecule has 10 rings (SSSR count). The van der Waals surface area contributed by atoms with Crippen molar-refractivity contribution in [2.24, 2.45) is 0 Å². The third-order valence-electron chi connectivity index (χ3n) is 9.88. The maximum absolute atomic E-state index is 6.55. The van der Waals surface area contributed by atoms with Gasteiger partial charge in [-0.05, 0) is 64.4 Å². The zero-order chi connectivity index (χ0) is 35.8. The van der Waals surface area contributed by atoms with E-state index in [1.54, 1.807) is 0 Å². The van der Waals surface area contributed by atoms with Gasteiger partial charge in [0.1, 0.15) is 11.2 Å². The molecule has 0 atom stereocenters. The van der Waals surface area contributed by atoms with Crippen LogP contribution in [-0.2, 0) is 0 Å². The molecule has 0 aliphatic carbocycles. The van der Waals surface area contributed by atoms with Gasteiger partial charge in [0, 0.05) is 44.9 Å². The van der Waals surface area contributed by atoms with Crippen molar-refractivity contribution in [1.29, 1.82) is 0 Å². The molecule has 10 aromatic rings. The Kier molecular flexibility index (Phi) is 7.73. The number of hydrogen-bond donors (Lipinski definition) is 0. The smallest absolute Gasteiger partial charge is 0.164 e. The van der Waals surface area contributed by atoms with Crippen LogP contribution in [0.2, 0.25) is 0 Å². The van der Waals surface area contributed by atoms with E-state index in [1.165, 1.54) is 5.39 Å². The first-order chi connectivity index (χ1) is 26.7. The van der Waals surface area contributed by atoms with Gasteiger partial charge in [0.2, 0.25) is 0 Å². The van der Waals surface area contributed by atoms with Crippen LogP contribution in [0.1, 0.15) is 0 Å². The van der Waals surface area contributed by atoms with Crippen molar-refractivity contribution in [2.45, 2.75) is 0 Å². The monoisotopic (exact) mass is 692 g/mol. The van der Waals surface area contributed by atoms with Gasteiger partial charge >= 0.3 is 0 Å². The zero-order valence-electron chi connectivity index (χ0n) is 29.2. The largest absolute Gasteiger partial charge is 0.456 e. The molecule has 0 aliphatic rings. The van der Waals surface area contributed by atoms with Crippen molar-refractivity contribution in [1.82, 2.24) is 15.0 Å². The molecule has 5 heteroatoms. The summed E-state index contributed by atoms with van der Waals surface area (Å²) in [6.07, 6.45) is 0. The van der Waals surface area contributed by atoms with Gasteiger partial charge < -0.3 is 9.32 Å². The quantitative estimate of drug-likeness (QED) is 0.166. The number of para-hydroxylation sites is 3. The molecule has 54 heavy (non-hydrogen) atoms. The van der Waals surface area contributed by atoms with E-state index >= 15 is 0 Å². The molecule has 0 saturated heterocycles. The Labute approximate surface area is 312 Å². The standard InChI is InChI=1S/C49H32N4O/c1-4-15-35(16-5-1)47-50-48(52-49(51-47)38-29-24-33-14-10-11-17-37(33)30-38)36-27-25-34(26-28-36)43-31-41(32-45-46(43)42-22-12-13-23-44(42)54-45)53(39-18-6-2-7-19-39)40-20-8-3-9-21-40/h1-32H. The lowest BCUT2D eigenvalue weighted by Gasteiger charge is -2.26. The summed E-state index contributed by atoms with van der Waals surface area (Å²) in [5.41, 5.74) is 9.73. The van der Waals surface area contributed by atoms with Crippen molar-refractivity contribution >= 4 is 49.8 Å². The van der Waals surface area contributed by atoms with Crippen LogP contribution in [-0.4, -0.2) is 15.0 Å². The molecule has 0 fully saturated rings. The van der Waals surface area contributed by atoms with Gasteiger partial charge in [-0.3, -0.25) is 0 Å². The lowest BCUT2D eigenvalue weighted by atomic mass is 9.97. The highest BCUT2D eigenvalue weighted by Crippen LogP contribution is 2.43. The third-order valence-corrected chi connectivity index (χ3v) is 9.88. The second-order valence-corrected chi connectivity index (χ2v) is 13.3. The number of nitrogens with zero attached hydrogens (tertiary/aromatic N) is 4. The number of rotatable bonds is 7. The predicted molar refractivity (Wildman–Crippen MR) is 221 cm³/mol. The van der Waals surface area contributed by atoms with E-state index in [4.69, 9.17) is 19.4 Å². The summed E-state index contributed by atoms with van der Waals surface area (Å²) in [5.74, 6) is 1.88. The third kappa shape index (κ3) is 5.74. The van der Waals surface area contributed by atoms with Crippen molar-refractivity contribution in [3.8, 4) is 45.3 Å². The molecule has 8 aromatic carbocycles. The summed E-state index contributed by atoms with van der Waals surface area (Å²) in [7, 11) is 0. The van der Waals surface area contributed by atoms with Crippen LogP contribution in [0.4, 0.5) is 17.1 Å². The van der Waals surface area contributed by atoms with Crippen molar-refractivity contribution < 1.29 is 4.42 Å². The van der Waals surface area contributed by atoms with Gasteiger partial charge in [0.05, 0.1) is 5.69 Å². The Morgan fingerprint density at radius 1 is 0.352 bits per heavy atom. The summed E-state index contributed by atoms with van der Waals surface area (Å²) >= 11 is 0. The molecule has 254 valence electrons. The molecule has 0 spiro atoms. The summed E-state index contributed by atoms with van der Waals surface area (Å²) in [6, 6.07) is 66.9. The molecule has 0 saturated carbocycles. The lowest BCUT2D eigenvalue weighted by Crippen LogP contribution is -2.09. The number of benzene rings is 8. The van der Waals surface area contributed by atoms with E-state index in [9.17, 15) is 0 Å². The van der Waals surface area contributed by atoms with Gasteiger partial charge in [0.25, 0.3) is 0 Å². The molecule has 2 heterocycles. The molecule has 2 aromatic heterocycles. The van der Waals surface area contributed by atoms with Crippen molar-refractivity contribution in [2.75, 3.05) is 4.90 Å². The number of hydrogen-bond acceptors (Lipinski definition) is 5. The minimum Gasteiger partial charge on any atom is -0.456 e. The van der Waals surface area contributed by atoms with E-state index in [0.717, 1.165) is 72.2 Å². The Morgan fingerprint density at radius 3 is 1.56 bits per heavy atom. The average Bonchev–Trinajstić information content (AvgIpc) is 3.63. The molecule has 0 N–H and O–H groups in total. The lowest BCUT2D eigenvalue weighted by molar-refractivity contribution is 0.669. The Balaban J connectivity index is 1.12. The number of aromatic nitrogens is 3. The predicted octanol–water partition coefficient (Wildman–Crippen LogP) is 13.1. The van der Waals surface area contributed by atoms with Crippen LogP contribution in [0.25, 0.3) is 78.0 Å². The van der Waals surface area contributed by atoms with Gasteiger partial charge in [-0.2, -0.15) is 0 Å². The summed E-state index contributed by atoms with van der Waals surface area (Å²) in [5, 5.41) is 4.47. The minimum atomic E-state index is 0.616. The highest BCUT2D eigenvalue weighted by Gasteiger charge is 2.20. The maximum atomic E-state index is 6.55. The molecule has 0 bridgehead atoms. The maximum Gasteiger partial charge on any atom is 0.164 e. The first kappa shape index (κ1) is 31.4. The summed E-state index contributed by atoms with van der Waals surface area (Å²) < 4.78 is 6.55. The van der Waals surface area contributed by atoms with Crippen LogP contribution in [0.5, 0.6) is 0 Å². The highest BCUT2D eigenvalue weighted by atomic mass is 16.3. The van der Waals surface area contributed by atoms with Crippen LogP contribution in [0, 0.1) is 0 Å².